The van der Waals surface area contributed by atoms with Crippen molar-refractivity contribution in [3.05, 3.63) is 59.4 Å². The Morgan fingerprint density at radius 3 is 2.52 bits per heavy atom. The molecule has 2 aromatic rings. The molecule has 112 valence electrons. The van der Waals surface area contributed by atoms with E-state index >= 15 is 0 Å². The third-order valence-electron chi connectivity index (χ3n) is 3.06. The molecule has 0 aromatic heterocycles. The van der Waals surface area contributed by atoms with Gasteiger partial charge in [0.25, 0.3) is 0 Å². The van der Waals surface area contributed by atoms with Crippen molar-refractivity contribution in [2.24, 2.45) is 0 Å². The predicted octanol–water partition coefficient (Wildman–Crippen LogP) is 3.66. The maximum absolute atomic E-state index is 14.0. The number of halogens is 1. The Morgan fingerprint density at radius 2 is 1.86 bits per heavy atom. The zero-order valence-electron chi connectivity index (χ0n) is 12.4. The van der Waals surface area contributed by atoms with Gasteiger partial charge < -0.3 is 14.8 Å². The van der Waals surface area contributed by atoms with Crippen LogP contribution in [0.3, 0.4) is 0 Å². The van der Waals surface area contributed by atoms with Crippen LogP contribution < -0.4 is 10.1 Å². The molecular formula is C17H20FNO2. The minimum absolute atomic E-state index is 0.236. The van der Waals surface area contributed by atoms with E-state index < -0.39 is 0 Å². The van der Waals surface area contributed by atoms with E-state index in [-0.39, 0.29) is 11.6 Å². The molecule has 0 unspecified atom stereocenters. The van der Waals surface area contributed by atoms with Crippen LogP contribution in [-0.4, -0.2) is 20.3 Å². The molecule has 0 saturated heterocycles. The minimum atomic E-state index is -0.360. The van der Waals surface area contributed by atoms with Crippen LogP contribution in [0.25, 0.3) is 0 Å². The summed E-state index contributed by atoms with van der Waals surface area (Å²) in [6.45, 7) is 3.97. The lowest BCUT2D eigenvalue weighted by Gasteiger charge is -2.09. The molecule has 0 amide bonds. The Balaban J connectivity index is 1.97. The van der Waals surface area contributed by atoms with Crippen LogP contribution in [-0.2, 0) is 11.3 Å². The SMILES string of the molecule is COCCNCc1ccc(Oc2ccc(C)cc2)c(F)c1. The summed E-state index contributed by atoms with van der Waals surface area (Å²) in [5.74, 6) is 0.506. The molecule has 3 nitrogen and oxygen atoms in total. The number of rotatable bonds is 7. The average molecular weight is 289 g/mol. The Hall–Kier alpha value is -1.91. The van der Waals surface area contributed by atoms with E-state index in [1.807, 2.05) is 37.3 Å². The second-order valence-corrected chi connectivity index (χ2v) is 4.85. The number of aryl methyl sites for hydroxylation is 1. The fourth-order valence-electron chi connectivity index (χ4n) is 1.88. The zero-order chi connectivity index (χ0) is 15.1. The van der Waals surface area contributed by atoms with Crippen LogP contribution in [0.2, 0.25) is 0 Å². The van der Waals surface area contributed by atoms with Crippen molar-refractivity contribution in [3.63, 3.8) is 0 Å². The second-order valence-electron chi connectivity index (χ2n) is 4.85. The van der Waals surface area contributed by atoms with Gasteiger partial charge in [0.1, 0.15) is 5.75 Å². The van der Waals surface area contributed by atoms with Gasteiger partial charge in [-0.15, -0.1) is 0 Å². The highest BCUT2D eigenvalue weighted by molar-refractivity contribution is 5.35. The lowest BCUT2D eigenvalue weighted by molar-refractivity contribution is 0.199. The van der Waals surface area contributed by atoms with Gasteiger partial charge in [0.05, 0.1) is 6.61 Å². The topological polar surface area (TPSA) is 30.5 Å². The lowest BCUT2D eigenvalue weighted by atomic mass is 10.2. The zero-order valence-corrected chi connectivity index (χ0v) is 12.4. The largest absolute Gasteiger partial charge is 0.454 e. The molecule has 4 heteroatoms. The molecule has 0 radical (unpaired) electrons. The maximum Gasteiger partial charge on any atom is 0.166 e. The first-order valence-corrected chi connectivity index (χ1v) is 6.91. The van der Waals surface area contributed by atoms with Gasteiger partial charge in [-0.3, -0.25) is 0 Å². The van der Waals surface area contributed by atoms with Gasteiger partial charge in [0.2, 0.25) is 0 Å². The van der Waals surface area contributed by atoms with Crippen molar-refractivity contribution >= 4 is 0 Å². The molecule has 21 heavy (non-hydrogen) atoms. The molecule has 1 N–H and O–H groups in total. The lowest BCUT2D eigenvalue weighted by Crippen LogP contribution is -2.18. The molecule has 0 saturated carbocycles. The van der Waals surface area contributed by atoms with Gasteiger partial charge in [0, 0.05) is 20.2 Å². The van der Waals surface area contributed by atoms with Crippen LogP contribution in [0.15, 0.2) is 42.5 Å². The van der Waals surface area contributed by atoms with Gasteiger partial charge >= 0.3 is 0 Å². The molecule has 0 heterocycles. The Kier molecular flexibility index (Phi) is 5.72. The average Bonchev–Trinajstić information content (AvgIpc) is 2.48. The number of nitrogens with one attached hydrogen (secondary N) is 1. The normalized spacial score (nSPS) is 10.6. The number of hydrogen-bond donors (Lipinski definition) is 1. The maximum atomic E-state index is 14.0. The number of hydrogen-bond acceptors (Lipinski definition) is 3. The standard InChI is InChI=1S/C17H20FNO2/c1-13-3-6-15(7-4-13)21-17-8-5-14(11-16(17)18)12-19-9-10-20-2/h3-8,11,19H,9-10,12H2,1-2H3. The fraction of sp³-hybridized carbons (Fsp3) is 0.294. The highest BCUT2D eigenvalue weighted by Gasteiger charge is 2.06. The molecule has 0 bridgehead atoms. The van der Waals surface area contributed by atoms with Crippen molar-refractivity contribution in [2.75, 3.05) is 20.3 Å². The first-order valence-electron chi connectivity index (χ1n) is 6.91. The van der Waals surface area contributed by atoms with E-state index in [0.29, 0.717) is 18.9 Å². The fourth-order valence-corrected chi connectivity index (χ4v) is 1.88. The van der Waals surface area contributed by atoms with E-state index in [4.69, 9.17) is 9.47 Å². The van der Waals surface area contributed by atoms with Crippen LogP contribution >= 0.6 is 0 Å². The van der Waals surface area contributed by atoms with Crippen molar-refractivity contribution < 1.29 is 13.9 Å². The molecule has 0 atom stereocenters. The summed E-state index contributed by atoms with van der Waals surface area (Å²) in [6, 6.07) is 12.5. The number of methoxy groups -OCH3 is 1. The Bertz CT molecular complexity index is 570. The van der Waals surface area contributed by atoms with E-state index in [2.05, 4.69) is 5.32 Å². The van der Waals surface area contributed by atoms with E-state index in [1.54, 1.807) is 13.2 Å². The van der Waals surface area contributed by atoms with Crippen LogP contribution in [0.4, 0.5) is 4.39 Å². The molecule has 0 aliphatic carbocycles. The van der Waals surface area contributed by atoms with E-state index in [9.17, 15) is 4.39 Å². The molecule has 2 aromatic carbocycles. The monoisotopic (exact) mass is 289 g/mol. The molecule has 2 rings (SSSR count). The highest BCUT2D eigenvalue weighted by Crippen LogP contribution is 2.25. The Labute approximate surface area is 124 Å². The summed E-state index contributed by atoms with van der Waals surface area (Å²) in [4.78, 5) is 0. The number of benzene rings is 2. The first kappa shape index (κ1) is 15.5. The van der Waals surface area contributed by atoms with E-state index in [0.717, 1.165) is 17.7 Å². The van der Waals surface area contributed by atoms with Gasteiger partial charge in [-0.05, 0) is 36.8 Å². The van der Waals surface area contributed by atoms with Crippen molar-refractivity contribution in [2.45, 2.75) is 13.5 Å². The summed E-state index contributed by atoms with van der Waals surface area (Å²) in [6.07, 6.45) is 0. The van der Waals surface area contributed by atoms with Crippen molar-refractivity contribution in [1.82, 2.24) is 5.32 Å². The minimum Gasteiger partial charge on any atom is -0.454 e. The third kappa shape index (κ3) is 4.85. The Morgan fingerprint density at radius 1 is 1.10 bits per heavy atom. The van der Waals surface area contributed by atoms with Crippen LogP contribution in [0.5, 0.6) is 11.5 Å². The van der Waals surface area contributed by atoms with Crippen LogP contribution in [0.1, 0.15) is 11.1 Å². The number of ether oxygens (including phenoxy) is 2. The predicted molar refractivity (Wildman–Crippen MR) is 81.2 cm³/mol. The summed E-state index contributed by atoms with van der Waals surface area (Å²) in [5, 5.41) is 3.17. The summed E-state index contributed by atoms with van der Waals surface area (Å²) >= 11 is 0. The van der Waals surface area contributed by atoms with Gasteiger partial charge in [-0.25, -0.2) is 4.39 Å². The van der Waals surface area contributed by atoms with Crippen LogP contribution in [0, 0.1) is 12.7 Å². The van der Waals surface area contributed by atoms with Gasteiger partial charge in [-0.2, -0.15) is 0 Å². The smallest absolute Gasteiger partial charge is 0.166 e. The third-order valence-corrected chi connectivity index (χ3v) is 3.06. The van der Waals surface area contributed by atoms with E-state index in [1.165, 1.54) is 6.07 Å². The summed E-state index contributed by atoms with van der Waals surface area (Å²) < 4.78 is 24.5. The van der Waals surface area contributed by atoms with Crippen molar-refractivity contribution in [1.29, 1.82) is 0 Å². The van der Waals surface area contributed by atoms with Gasteiger partial charge in [0.15, 0.2) is 11.6 Å². The van der Waals surface area contributed by atoms with Crippen molar-refractivity contribution in [3.8, 4) is 11.5 Å². The molecule has 0 aliphatic heterocycles. The molecule has 0 fully saturated rings. The highest BCUT2D eigenvalue weighted by atomic mass is 19.1. The molecular weight excluding hydrogens is 269 g/mol. The summed E-state index contributed by atoms with van der Waals surface area (Å²) in [5.41, 5.74) is 2.01. The molecule has 0 spiro atoms. The first-order chi connectivity index (χ1) is 10.2. The quantitative estimate of drug-likeness (QED) is 0.789. The second kappa shape index (κ2) is 7.76. The molecule has 0 aliphatic rings. The van der Waals surface area contributed by atoms with Gasteiger partial charge in [-0.1, -0.05) is 23.8 Å². The summed E-state index contributed by atoms with van der Waals surface area (Å²) in [7, 11) is 1.65.